The van der Waals surface area contributed by atoms with E-state index in [2.05, 4.69) is 4.98 Å². The lowest BCUT2D eigenvalue weighted by molar-refractivity contribution is 0.0691. The molecule has 0 radical (unpaired) electrons. The summed E-state index contributed by atoms with van der Waals surface area (Å²) in [4.78, 5) is 15.2. The molecule has 0 spiro atoms. The summed E-state index contributed by atoms with van der Waals surface area (Å²) in [6, 6.07) is 5.89. The van der Waals surface area contributed by atoms with Crippen LogP contribution in [0.5, 0.6) is 0 Å². The number of halogens is 2. The first-order chi connectivity index (χ1) is 18.5. The van der Waals surface area contributed by atoms with Crippen LogP contribution in [0.2, 0.25) is 0 Å². The van der Waals surface area contributed by atoms with Gasteiger partial charge in [-0.15, -0.1) is 11.3 Å². The fourth-order valence-electron chi connectivity index (χ4n) is 4.69. The molecular weight excluding hydrogens is 548 g/mol. The summed E-state index contributed by atoms with van der Waals surface area (Å²) >= 11 is 1.10. The highest BCUT2D eigenvalue weighted by atomic mass is 32.2. The average Bonchev–Trinajstić information content (AvgIpc) is 3.43. The van der Waals surface area contributed by atoms with Gasteiger partial charge in [0.05, 0.1) is 17.0 Å². The maximum atomic E-state index is 14.9. The van der Waals surface area contributed by atoms with E-state index >= 15 is 0 Å². The Balaban J connectivity index is 1.67. The summed E-state index contributed by atoms with van der Waals surface area (Å²) in [5.74, 6) is -3.29. The van der Waals surface area contributed by atoms with Gasteiger partial charge in [0.15, 0.2) is 5.69 Å². The fourth-order valence-corrected chi connectivity index (χ4v) is 6.20. The fraction of sp³-hybridized carbons (Fsp3) is 0.308. The van der Waals surface area contributed by atoms with E-state index in [1.54, 1.807) is 11.6 Å². The molecule has 3 N–H and O–H groups in total. The molecule has 202 valence electrons. The molecule has 2 unspecified atom stereocenters. The van der Waals surface area contributed by atoms with Crippen LogP contribution in [0.1, 0.15) is 47.1 Å². The van der Waals surface area contributed by atoms with Crippen LogP contribution in [0, 0.1) is 34.9 Å². The van der Waals surface area contributed by atoms with E-state index in [0.29, 0.717) is 34.3 Å². The number of primary sulfonamides is 1. The summed E-state index contributed by atoms with van der Waals surface area (Å²) in [5, 5.41) is 30.5. The Labute approximate surface area is 227 Å². The highest BCUT2D eigenvalue weighted by Crippen LogP contribution is 2.40. The van der Waals surface area contributed by atoms with Crippen molar-refractivity contribution in [2.45, 2.75) is 32.6 Å². The van der Waals surface area contributed by atoms with E-state index in [1.165, 1.54) is 35.7 Å². The number of hydrogen-bond donors (Lipinski definition) is 2. The van der Waals surface area contributed by atoms with Crippen LogP contribution in [0.15, 0.2) is 46.5 Å². The van der Waals surface area contributed by atoms with Gasteiger partial charge < -0.3 is 5.11 Å². The molecule has 3 aromatic rings. The third-order valence-electron chi connectivity index (χ3n) is 6.95. The summed E-state index contributed by atoms with van der Waals surface area (Å²) in [7, 11) is -4.24. The number of nitrogens with two attached hydrogens (primary N) is 1. The molecule has 9 nitrogen and oxygen atoms in total. The molecule has 2 aliphatic carbocycles. The summed E-state index contributed by atoms with van der Waals surface area (Å²) < 4.78 is 54.3. The van der Waals surface area contributed by atoms with Crippen molar-refractivity contribution in [1.29, 1.82) is 5.26 Å². The normalized spacial score (nSPS) is 19.4. The van der Waals surface area contributed by atoms with Crippen LogP contribution in [-0.2, 0) is 22.9 Å². The van der Waals surface area contributed by atoms with Crippen LogP contribution < -0.4 is 5.14 Å². The van der Waals surface area contributed by atoms with Gasteiger partial charge in [-0.1, -0.05) is 13.0 Å². The number of carboxylic acids is 1. The number of carbonyl (C=O) groups is 1. The second-order valence-electron chi connectivity index (χ2n) is 9.78. The van der Waals surface area contributed by atoms with Crippen molar-refractivity contribution in [2.24, 2.45) is 22.9 Å². The summed E-state index contributed by atoms with van der Waals surface area (Å²) in [6.07, 6.45) is 5.39. The number of nitriles is 1. The van der Waals surface area contributed by atoms with Crippen molar-refractivity contribution >= 4 is 27.3 Å². The van der Waals surface area contributed by atoms with Gasteiger partial charge in [-0.05, 0) is 67.7 Å². The molecule has 13 heteroatoms. The van der Waals surface area contributed by atoms with Gasteiger partial charge in [0.25, 0.3) is 0 Å². The Morgan fingerprint density at radius 3 is 2.64 bits per heavy atom. The quantitative estimate of drug-likeness (QED) is 0.404. The largest absolute Gasteiger partial charge is 0.476 e. The monoisotopic (exact) mass is 571 g/mol. The molecule has 2 aromatic heterocycles. The highest BCUT2D eigenvalue weighted by molar-refractivity contribution is 7.93. The molecule has 5 rings (SSSR count). The first-order valence-electron chi connectivity index (χ1n) is 12.1. The molecule has 2 atom stereocenters. The average molecular weight is 572 g/mol. The molecule has 1 aromatic carbocycles. The lowest BCUT2D eigenvalue weighted by Crippen LogP contribution is -2.22. The first kappa shape index (κ1) is 26.9. The summed E-state index contributed by atoms with van der Waals surface area (Å²) in [5.41, 5.74) is 2.04. The molecule has 0 amide bonds. The number of hydrogen-bond acceptors (Lipinski definition) is 7. The Kier molecular flexibility index (Phi) is 6.96. The zero-order valence-corrected chi connectivity index (χ0v) is 22.3. The van der Waals surface area contributed by atoms with Crippen molar-refractivity contribution in [2.75, 3.05) is 0 Å². The zero-order valence-electron chi connectivity index (χ0n) is 20.6. The minimum absolute atomic E-state index is 0.133. The maximum absolute atomic E-state index is 14.9. The predicted molar refractivity (Wildman–Crippen MR) is 139 cm³/mol. The number of aromatic carboxylic acids is 1. The number of nitrogens with zero attached hydrogens (tertiary/aromatic N) is 4. The first-order valence-corrected chi connectivity index (χ1v) is 14.5. The molecule has 2 heterocycles. The SMILES string of the molecule is CC1C=C(S(N)(=O)=O)C(F)=CC1Cc1c(-c2ccc(F)c(C#N)c2)nn(-c2nc(C(=O)O)cs2)c1CC1CC1. The molecule has 1 fully saturated rings. The second kappa shape index (κ2) is 10.1. The Morgan fingerprint density at radius 2 is 2.03 bits per heavy atom. The predicted octanol–water partition coefficient (Wildman–Crippen LogP) is 4.49. The van der Waals surface area contributed by atoms with Gasteiger partial charge >= 0.3 is 5.97 Å². The van der Waals surface area contributed by atoms with Crippen LogP contribution in [0.25, 0.3) is 16.4 Å². The lowest BCUT2D eigenvalue weighted by atomic mass is 9.83. The van der Waals surface area contributed by atoms with Gasteiger partial charge in [-0.3, -0.25) is 0 Å². The van der Waals surface area contributed by atoms with Crippen LogP contribution in [-0.4, -0.2) is 34.3 Å². The van der Waals surface area contributed by atoms with Gasteiger partial charge in [0, 0.05) is 16.5 Å². The van der Waals surface area contributed by atoms with E-state index in [-0.39, 0.29) is 17.7 Å². The minimum Gasteiger partial charge on any atom is -0.476 e. The zero-order chi connectivity index (χ0) is 28.1. The molecule has 1 saturated carbocycles. The van der Waals surface area contributed by atoms with E-state index in [9.17, 15) is 32.4 Å². The smallest absolute Gasteiger partial charge is 0.355 e. The Hall–Kier alpha value is -3.73. The van der Waals surface area contributed by atoms with E-state index in [0.717, 1.165) is 29.9 Å². The lowest BCUT2D eigenvalue weighted by Gasteiger charge is -2.24. The number of sulfonamides is 1. The number of carboxylic acid groups (broad SMARTS) is 1. The maximum Gasteiger partial charge on any atom is 0.355 e. The standard InChI is InChI=1S/C26H23F2N5O4S2/c1-13-6-23(39(30,36)37)20(28)10-16(13)9-18-22(7-14-2-3-14)33(26-31-21(12-38-26)25(34)35)32-24(18)15-4-5-19(27)17(8-15)11-29/h4-6,8,10,12-14,16H,2-3,7,9H2,1H3,(H,34,35)(H2,30,36,37). The van der Waals surface area contributed by atoms with E-state index in [4.69, 9.17) is 10.2 Å². The number of allylic oxidation sites excluding steroid dienone is 3. The molecular formula is C26H23F2N5O4S2. The van der Waals surface area contributed by atoms with Gasteiger partial charge in [0.2, 0.25) is 15.2 Å². The Bertz CT molecular complexity index is 1700. The second-order valence-corrected chi connectivity index (χ2v) is 12.1. The number of thiazole rings is 1. The number of benzene rings is 1. The van der Waals surface area contributed by atoms with Gasteiger partial charge in [0.1, 0.15) is 22.6 Å². The summed E-state index contributed by atoms with van der Waals surface area (Å²) in [6.45, 7) is 1.76. The number of rotatable bonds is 8. The minimum atomic E-state index is -4.24. The van der Waals surface area contributed by atoms with Crippen molar-refractivity contribution < 1.29 is 27.1 Å². The van der Waals surface area contributed by atoms with Crippen LogP contribution >= 0.6 is 11.3 Å². The third-order valence-corrected chi connectivity index (χ3v) is 8.71. The topological polar surface area (TPSA) is 152 Å². The molecule has 2 aliphatic rings. The van der Waals surface area contributed by atoms with E-state index in [1.807, 2.05) is 6.07 Å². The third kappa shape index (κ3) is 5.40. The van der Waals surface area contributed by atoms with Gasteiger partial charge in [-0.25, -0.2) is 36.8 Å². The molecule has 0 aliphatic heterocycles. The van der Waals surface area contributed by atoms with Crippen molar-refractivity contribution in [1.82, 2.24) is 14.8 Å². The number of aromatic nitrogens is 3. The van der Waals surface area contributed by atoms with Crippen molar-refractivity contribution in [3.63, 3.8) is 0 Å². The van der Waals surface area contributed by atoms with Crippen molar-refractivity contribution in [3.8, 4) is 22.5 Å². The van der Waals surface area contributed by atoms with Crippen molar-refractivity contribution in [3.05, 3.63) is 74.8 Å². The Morgan fingerprint density at radius 1 is 1.28 bits per heavy atom. The van der Waals surface area contributed by atoms with Crippen LogP contribution in [0.4, 0.5) is 8.78 Å². The molecule has 39 heavy (non-hydrogen) atoms. The molecule has 0 bridgehead atoms. The molecule has 0 saturated heterocycles. The van der Waals surface area contributed by atoms with Gasteiger partial charge in [-0.2, -0.15) is 10.4 Å². The van der Waals surface area contributed by atoms with E-state index < -0.39 is 44.4 Å². The highest BCUT2D eigenvalue weighted by Gasteiger charge is 2.33. The van der Waals surface area contributed by atoms with Crippen LogP contribution in [0.3, 0.4) is 0 Å².